The van der Waals surface area contributed by atoms with Crippen LogP contribution in [0.4, 0.5) is 0 Å². The van der Waals surface area contributed by atoms with Gasteiger partial charge in [-0.3, -0.25) is 0 Å². The van der Waals surface area contributed by atoms with Crippen LogP contribution in [0.2, 0.25) is 0 Å². The molecule has 0 aliphatic carbocycles. The van der Waals surface area contributed by atoms with Gasteiger partial charge in [-0.15, -0.1) is 0 Å². The Morgan fingerprint density at radius 3 is 2.71 bits per heavy atom. The van der Waals surface area contributed by atoms with Crippen LogP contribution in [-0.2, 0) is 10.0 Å². The summed E-state index contributed by atoms with van der Waals surface area (Å²) in [6.45, 7) is 5.90. The third kappa shape index (κ3) is 4.62. The number of sulfonamides is 1. The number of nitrogens with zero attached hydrogens (tertiary/aromatic N) is 2. The van der Waals surface area contributed by atoms with Crippen LogP contribution in [0.3, 0.4) is 0 Å². The first kappa shape index (κ1) is 14.4. The van der Waals surface area contributed by atoms with Gasteiger partial charge in [0.1, 0.15) is 0 Å². The lowest BCUT2D eigenvalue weighted by molar-refractivity contribution is 0.337. The molecular weight excluding hydrogens is 238 g/mol. The van der Waals surface area contributed by atoms with E-state index in [0.717, 1.165) is 19.4 Å². The number of rotatable bonds is 6. The highest BCUT2D eigenvalue weighted by Gasteiger charge is 2.26. The highest BCUT2D eigenvalue weighted by molar-refractivity contribution is 7.89. The van der Waals surface area contributed by atoms with Crippen molar-refractivity contribution in [2.24, 2.45) is 5.92 Å². The third-order valence-corrected chi connectivity index (χ3v) is 4.37. The normalized spacial score (nSPS) is 21.0. The fraction of sp³-hybridized carbons (Fsp3) is 0.909. The van der Waals surface area contributed by atoms with Crippen molar-refractivity contribution < 1.29 is 8.42 Å². The molecule has 1 fully saturated rings. The second kappa shape index (κ2) is 6.34. The molecule has 6 heteroatoms. The lowest BCUT2D eigenvalue weighted by Gasteiger charge is -2.25. The summed E-state index contributed by atoms with van der Waals surface area (Å²) in [5.74, 6) is -0.156. The van der Waals surface area contributed by atoms with Gasteiger partial charge in [-0.25, -0.2) is 8.42 Å². The molecule has 17 heavy (non-hydrogen) atoms. The smallest absolute Gasteiger partial charge is 0.227 e. The van der Waals surface area contributed by atoms with Crippen molar-refractivity contribution in [3.05, 3.63) is 0 Å². The van der Waals surface area contributed by atoms with Gasteiger partial charge in [-0.05, 0) is 25.3 Å². The van der Waals surface area contributed by atoms with Crippen LogP contribution < -0.4 is 5.32 Å². The molecule has 1 N–H and O–H groups in total. The van der Waals surface area contributed by atoms with Crippen LogP contribution in [0, 0.1) is 17.2 Å². The van der Waals surface area contributed by atoms with Gasteiger partial charge in [0.2, 0.25) is 10.0 Å². The molecule has 0 bridgehead atoms. The summed E-state index contributed by atoms with van der Waals surface area (Å²) in [5, 5.41) is 11.9. The van der Waals surface area contributed by atoms with Crippen LogP contribution in [0.25, 0.3) is 0 Å². The van der Waals surface area contributed by atoms with Crippen molar-refractivity contribution in [2.45, 2.75) is 32.7 Å². The maximum absolute atomic E-state index is 11.9. The quantitative estimate of drug-likeness (QED) is 0.756. The average Bonchev–Trinajstić information content (AvgIpc) is 2.68. The first-order valence-electron chi connectivity index (χ1n) is 6.04. The minimum Gasteiger partial charge on any atom is -0.313 e. The van der Waals surface area contributed by atoms with E-state index in [1.54, 1.807) is 6.07 Å². The summed E-state index contributed by atoms with van der Waals surface area (Å²) in [6.07, 6.45) is 2.11. The van der Waals surface area contributed by atoms with Gasteiger partial charge >= 0.3 is 0 Å². The van der Waals surface area contributed by atoms with Crippen LogP contribution in [0.1, 0.15) is 26.7 Å². The van der Waals surface area contributed by atoms with Gasteiger partial charge in [-0.1, -0.05) is 13.8 Å². The van der Waals surface area contributed by atoms with E-state index in [1.165, 1.54) is 4.31 Å². The highest BCUT2D eigenvalue weighted by atomic mass is 32.2. The molecule has 5 nitrogen and oxygen atoms in total. The van der Waals surface area contributed by atoms with Crippen molar-refractivity contribution in [3.63, 3.8) is 0 Å². The summed E-state index contributed by atoms with van der Waals surface area (Å²) in [4.78, 5) is 0. The number of nitrogens with one attached hydrogen (secondary N) is 1. The predicted octanol–water partition coefficient (Wildman–Crippen LogP) is 0.550. The Labute approximate surface area is 104 Å². The van der Waals surface area contributed by atoms with Gasteiger partial charge < -0.3 is 5.32 Å². The van der Waals surface area contributed by atoms with E-state index in [0.29, 0.717) is 13.1 Å². The second-order valence-electron chi connectivity index (χ2n) is 4.92. The molecule has 1 aliphatic rings. The highest BCUT2D eigenvalue weighted by Crippen LogP contribution is 2.12. The van der Waals surface area contributed by atoms with Crippen LogP contribution >= 0.6 is 0 Å². The molecular formula is C11H21N3O2S. The molecule has 0 aromatic heterocycles. The van der Waals surface area contributed by atoms with Crippen LogP contribution in [-0.4, -0.2) is 44.2 Å². The Hall–Kier alpha value is -0.640. The van der Waals surface area contributed by atoms with Gasteiger partial charge in [0.25, 0.3) is 0 Å². The zero-order valence-corrected chi connectivity index (χ0v) is 11.3. The van der Waals surface area contributed by atoms with Crippen molar-refractivity contribution in [1.29, 1.82) is 5.26 Å². The largest absolute Gasteiger partial charge is 0.313 e. The first-order valence-corrected chi connectivity index (χ1v) is 7.65. The molecule has 1 saturated heterocycles. The molecule has 1 rings (SSSR count). The summed E-state index contributed by atoms with van der Waals surface area (Å²) in [6, 6.07) is 1.97. The predicted molar refractivity (Wildman–Crippen MR) is 66.8 cm³/mol. The van der Waals surface area contributed by atoms with Gasteiger partial charge in [-0.2, -0.15) is 9.57 Å². The molecule has 98 valence electrons. The van der Waals surface area contributed by atoms with Gasteiger partial charge in [0, 0.05) is 19.1 Å². The van der Waals surface area contributed by atoms with Crippen LogP contribution in [0.15, 0.2) is 0 Å². The summed E-state index contributed by atoms with van der Waals surface area (Å²) in [5.41, 5.74) is 0. The van der Waals surface area contributed by atoms with E-state index in [2.05, 4.69) is 5.32 Å². The molecule has 1 unspecified atom stereocenters. The molecule has 0 radical (unpaired) electrons. The fourth-order valence-corrected chi connectivity index (χ4v) is 3.32. The number of hydrogen-bond acceptors (Lipinski definition) is 4. The summed E-state index contributed by atoms with van der Waals surface area (Å²) in [7, 11) is -3.42. The number of nitriles is 1. The Balaban J connectivity index is 2.69. The van der Waals surface area contributed by atoms with E-state index in [1.807, 2.05) is 13.8 Å². The molecule has 0 aromatic carbocycles. The van der Waals surface area contributed by atoms with Gasteiger partial charge in [0.05, 0.1) is 6.07 Å². The lowest BCUT2D eigenvalue weighted by atomic mass is 10.2. The van der Waals surface area contributed by atoms with E-state index in [-0.39, 0.29) is 12.0 Å². The molecule has 0 spiro atoms. The summed E-state index contributed by atoms with van der Waals surface area (Å²) < 4.78 is 25.3. The van der Waals surface area contributed by atoms with E-state index >= 15 is 0 Å². The Bertz CT molecular complexity index is 367. The Morgan fingerprint density at radius 2 is 2.24 bits per heavy atom. The first-order chi connectivity index (χ1) is 7.95. The minimum absolute atomic E-state index is 0.238. The maximum Gasteiger partial charge on any atom is 0.227 e. The topological polar surface area (TPSA) is 73.2 Å². The Kier molecular flexibility index (Phi) is 5.37. The Morgan fingerprint density at radius 1 is 1.53 bits per heavy atom. The number of hydrogen-bond donors (Lipinski definition) is 1. The van der Waals surface area contributed by atoms with Crippen molar-refractivity contribution in [2.75, 3.05) is 25.4 Å². The van der Waals surface area contributed by atoms with Crippen molar-refractivity contribution >= 4 is 10.0 Å². The molecule has 1 aliphatic heterocycles. The lowest BCUT2D eigenvalue weighted by Crippen LogP contribution is -2.43. The minimum atomic E-state index is -3.42. The molecule has 1 heterocycles. The molecule has 0 amide bonds. The zero-order valence-electron chi connectivity index (χ0n) is 10.5. The zero-order chi connectivity index (χ0) is 12.9. The van der Waals surface area contributed by atoms with E-state index in [9.17, 15) is 8.42 Å². The summed E-state index contributed by atoms with van der Waals surface area (Å²) >= 11 is 0. The van der Waals surface area contributed by atoms with Gasteiger partial charge in [0.15, 0.2) is 5.75 Å². The van der Waals surface area contributed by atoms with Crippen molar-refractivity contribution in [1.82, 2.24) is 9.62 Å². The molecule has 0 aromatic rings. The average molecular weight is 259 g/mol. The SMILES string of the molecule is CC(C)CN(CC1CCCN1)S(=O)(=O)CC#N. The molecule has 0 saturated carbocycles. The van der Waals surface area contributed by atoms with E-state index in [4.69, 9.17) is 5.26 Å². The maximum atomic E-state index is 11.9. The third-order valence-electron chi connectivity index (χ3n) is 2.80. The monoisotopic (exact) mass is 259 g/mol. The van der Waals surface area contributed by atoms with Crippen molar-refractivity contribution in [3.8, 4) is 6.07 Å². The standard InChI is InChI=1S/C11H21N3O2S/c1-10(2)8-14(17(15,16)7-5-12)9-11-4-3-6-13-11/h10-11,13H,3-4,6-9H2,1-2H3. The fourth-order valence-electron chi connectivity index (χ4n) is 2.04. The van der Waals surface area contributed by atoms with Crippen LogP contribution in [0.5, 0.6) is 0 Å². The van der Waals surface area contributed by atoms with E-state index < -0.39 is 15.8 Å². The second-order valence-corrected chi connectivity index (χ2v) is 6.89. The molecule has 1 atom stereocenters.